The monoisotopic (exact) mass is 229 g/mol. The Labute approximate surface area is 97.7 Å². The summed E-state index contributed by atoms with van der Waals surface area (Å²) in [7, 11) is 0. The fourth-order valence-corrected chi connectivity index (χ4v) is 1.48. The number of nitrogens with zero attached hydrogens (tertiary/aromatic N) is 1. The van der Waals surface area contributed by atoms with Gasteiger partial charge < -0.3 is 9.94 Å². The van der Waals surface area contributed by atoms with Crippen molar-refractivity contribution >= 4 is 11.7 Å². The molecule has 0 aliphatic rings. The zero-order valence-electron chi connectivity index (χ0n) is 10.4. The normalized spacial score (nSPS) is 11.5. The number of carbonyl (C=O) groups excluding carboxylic acids is 1. The van der Waals surface area contributed by atoms with Crippen molar-refractivity contribution in [2.24, 2.45) is 5.16 Å². The number of hydrogen-bond acceptors (Lipinski definition) is 4. The molecule has 0 aromatic heterocycles. The van der Waals surface area contributed by atoms with Gasteiger partial charge in [0.25, 0.3) is 0 Å². The number of carbonyl (C=O) groups is 1. The second-order valence-corrected chi connectivity index (χ2v) is 3.78. The Hall–Kier alpha value is -1.06. The van der Waals surface area contributed by atoms with Crippen molar-refractivity contribution in [3.05, 3.63) is 0 Å². The molecule has 0 aromatic rings. The molecule has 0 aliphatic heterocycles. The van der Waals surface area contributed by atoms with E-state index >= 15 is 0 Å². The fraction of sp³-hybridized carbons (Fsp3) is 0.833. The Kier molecular flexibility index (Phi) is 9.76. The highest BCUT2D eigenvalue weighted by Gasteiger charge is 2.12. The van der Waals surface area contributed by atoms with E-state index in [4.69, 9.17) is 9.94 Å². The van der Waals surface area contributed by atoms with Gasteiger partial charge in [-0.15, -0.1) is 0 Å². The van der Waals surface area contributed by atoms with Crippen LogP contribution in [0.25, 0.3) is 0 Å². The van der Waals surface area contributed by atoms with Gasteiger partial charge in [-0.2, -0.15) is 0 Å². The van der Waals surface area contributed by atoms with Gasteiger partial charge in [-0.25, -0.2) is 4.79 Å². The topological polar surface area (TPSA) is 58.9 Å². The predicted molar refractivity (Wildman–Crippen MR) is 63.8 cm³/mol. The molecule has 0 radical (unpaired) electrons. The van der Waals surface area contributed by atoms with E-state index in [2.05, 4.69) is 12.1 Å². The van der Waals surface area contributed by atoms with Gasteiger partial charge in [0.1, 0.15) is 0 Å². The van der Waals surface area contributed by atoms with Crippen molar-refractivity contribution in [1.82, 2.24) is 0 Å². The van der Waals surface area contributed by atoms with Crippen LogP contribution in [0.2, 0.25) is 0 Å². The van der Waals surface area contributed by atoms with Crippen LogP contribution in [0, 0.1) is 0 Å². The van der Waals surface area contributed by atoms with E-state index in [1.165, 1.54) is 25.7 Å². The summed E-state index contributed by atoms with van der Waals surface area (Å²) in [6, 6.07) is 0. The Balaban J connectivity index is 3.60. The van der Waals surface area contributed by atoms with Crippen molar-refractivity contribution in [2.45, 2.75) is 58.8 Å². The van der Waals surface area contributed by atoms with Gasteiger partial charge in [-0.3, -0.25) is 0 Å². The van der Waals surface area contributed by atoms with Crippen LogP contribution in [-0.2, 0) is 9.53 Å². The lowest BCUT2D eigenvalue weighted by Gasteiger charge is -2.03. The summed E-state index contributed by atoms with van der Waals surface area (Å²) in [5.41, 5.74) is 0.136. The van der Waals surface area contributed by atoms with Gasteiger partial charge in [0.2, 0.25) is 0 Å². The Morgan fingerprint density at radius 1 is 1.12 bits per heavy atom. The molecule has 16 heavy (non-hydrogen) atoms. The van der Waals surface area contributed by atoms with Gasteiger partial charge in [0.05, 0.1) is 6.61 Å². The summed E-state index contributed by atoms with van der Waals surface area (Å²) in [6.07, 6.45) is 7.35. The molecule has 0 unspecified atom stereocenters. The largest absolute Gasteiger partial charge is 0.461 e. The highest BCUT2D eigenvalue weighted by Crippen LogP contribution is 2.08. The number of esters is 1. The average Bonchev–Trinajstić information content (AvgIpc) is 2.28. The number of ether oxygens (including phenoxy) is 1. The zero-order valence-corrected chi connectivity index (χ0v) is 10.4. The van der Waals surface area contributed by atoms with Crippen LogP contribution < -0.4 is 0 Å². The molecule has 0 atom stereocenters. The highest BCUT2D eigenvalue weighted by molar-refractivity contribution is 6.36. The number of hydrogen-bond donors (Lipinski definition) is 1. The van der Waals surface area contributed by atoms with E-state index in [1.54, 1.807) is 6.92 Å². The fourth-order valence-electron chi connectivity index (χ4n) is 1.48. The van der Waals surface area contributed by atoms with Crippen LogP contribution in [0.15, 0.2) is 5.16 Å². The van der Waals surface area contributed by atoms with Gasteiger partial charge in [0, 0.05) is 6.42 Å². The predicted octanol–water partition coefficient (Wildman–Crippen LogP) is 3.13. The Bertz CT molecular complexity index is 214. The van der Waals surface area contributed by atoms with Crippen molar-refractivity contribution in [3.63, 3.8) is 0 Å². The SMILES string of the molecule is CCCCCCCCC(=NO)C(=O)OCC. The molecule has 4 nitrogen and oxygen atoms in total. The van der Waals surface area contributed by atoms with E-state index in [9.17, 15) is 4.79 Å². The van der Waals surface area contributed by atoms with E-state index < -0.39 is 5.97 Å². The molecule has 0 saturated carbocycles. The summed E-state index contributed by atoms with van der Waals surface area (Å²) >= 11 is 0. The van der Waals surface area contributed by atoms with Crippen molar-refractivity contribution in [3.8, 4) is 0 Å². The smallest absolute Gasteiger partial charge is 0.356 e. The number of unbranched alkanes of at least 4 members (excludes halogenated alkanes) is 5. The van der Waals surface area contributed by atoms with Crippen LogP contribution >= 0.6 is 0 Å². The van der Waals surface area contributed by atoms with Crippen LogP contribution in [0.1, 0.15) is 58.8 Å². The first-order valence-electron chi connectivity index (χ1n) is 6.14. The number of rotatable bonds is 9. The summed E-state index contributed by atoms with van der Waals surface area (Å²) in [5, 5.41) is 11.6. The van der Waals surface area contributed by atoms with E-state index in [1.807, 2.05) is 0 Å². The molecular formula is C12H23NO3. The van der Waals surface area contributed by atoms with E-state index in [-0.39, 0.29) is 5.71 Å². The van der Waals surface area contributed by atoms with Gasteiger partial charge in [-0.05, 0) is 13.3 Å². The van der Waals surface area contributed by atoms with Gasteiger partial charge in [-0.1, -0.05) is 44.2 Å². The second kappa shape index (κ2) is 10.5. The second-order valence-electron chi connectivity index (χ2n) is 3.78. The zero-order chi connectivity index (χ0) is 12.2. The first kappa shape index (κ1) is 14.9. The minimum Gasteiger partial charge on any atom is -0.461 e. The lowest BCUT2D eigenvalue weighted by molar-refractivity contribution is -0.135. The summed E-state index contributed by atoms with van der Waals surface area (Å²) in [5.74, 6) is -0.501. The summed E-state index contributed by atoms with van der Waals surface area (Å²) in [4.78, 5) is 11.2. The quantitative estimate of drug-likeness (QED) is 0.217. The third-order valence-corrected chi connectivity index (χ3v) is 2.40. The van der Waals surface area contributed by atoms with Crippen LogP contribution in [0.4, 0.5) is 0 Å². The molecule has 1 N–H and O–H groups in total. The van der Waals surface area contributed by atoms with Gasteiger partial charge >= 0.3 is 5.97 Å². The maximum Gasteiger partial charge on any atom is 0.356 e. The molecule has 0 aromatic carbocycles. The molecule has 4 heteroatoms. The molecule has 0 amide bonds. The number of oxime groups is 1. The molecule has 0 bridgehead atoms. The molecule has 0 rings (SSSR count). The molecule has 94 valence electrons. The van der Waals surface area contributed by atoms with Crippen molar-refractivity contribution in [2.75, 3.05) is 6.61 Å². The molecular weight excluding hydrogens is 206 g/mol. The average molecular weight is 229 g/mol. The van der Waals surface area contributed by atoms with Crippen LogP contribution in [-0.4, -0.2) is 23.5 Å². The van der Waals surface area contributed by atoms with Crippen molar-refractivity contribution < 1.29 is 14.7 Å². The van der Waals surface area contributed by atoms with Gasteiger partial charge in [0.15, 0.2) is 5.71 Å². The van der Waals surface area contributed by atoms with Crippen LogP contribution in [0.3, 0.4) is 0 Å². The summed E-state index contributed by atoms with van der Waals surface area (Å²) < 4.78 is 4.76. The standard InChI is InChI=1S/C12H23NO3/c1-3-5-6-7-8-9-10-11(13-15)12(14)16-4-2/h15H,3-10H2,1-2H3. The maximum absolute atomic E-state index is 11.2. The highest BCUT2D eigenvalue weighted by atomic mass is 16.5. The van der Waals surface area contributed by atoms with Crippen LogP contribution in [0.5, 0.6) is 0 Å². The molecule has 0 spiro atoms. The minimum atomic E-state index is -0.501. The Morgan fingerprint density at radius 3 is 2.31 bits per heavy atom. The third-order valence-electron chi connectivity index (χ3n) is 2.40. The molecule has 0 saturated heterocycles. The first-order valence-corrected chi connectivity index (χ1v) is 6.14. The first-order chi connectivity index (χ1) is 7.76. The van der Waals surface area contributed by atoms with E-state index in [0.29, 0.717) is 13.0 Å². The summed E-state index contributed by atoms with van der Waals surface area (Å²) in [6.45, 7) is 4.23. The van der Waals surface area contributed by atoms with E-state index in [0.717, 1.165) is 12.8 Å². The molecule has 0 aliphatic carbocycles. The molecule has 0 heterocycles. The maximum atomic E-state index is 11.2. The van der Waals surface area contributed by atoms with Crippen molar-refractivity contribution in [1.29, 1.82) is 0 Å². The molecule has 0 fully saturated rings. The lowest BCUT2D eigenvalue weighted by atomic mass is 10.1. The lowest BCUT2D eigenvalue weighted by Crippen LogP contribution is -2.17. The third kappa shape index (κ3) is 7.26. The Morgan fingerprint density at radius 2 is 1.75 bits per heavy atom. The minimum absolute atomic E-state index is 0.136.